The molecule has 0 unspecified atom stereocenters. The van der Waals surface area contributed by atoms with Crippen LogP contribution in [0.4, 0.5) is 4.39 Å². The number of hydrogen-bond donors (Lipinski definition) is 1. The SMILES string of the molecule is Cc1cc(C(=O)N2CCC([C@H]3OCC[C@@H]3C(N)=O)CC2)ccc1F. The monoisotopic (exact) mass is 334 g/mol. The van der Waals surface area contributed by atoms with Crippen molar-refractivity contribution in [1.82, 2.24) is 4.90 Å². The van der Waals surface area contributed by atoms with Crippen LogP contribution < -0.4 is 5.73 Å². The van der Waals surface area contributed by atoms with Crippen LogP contribution in [0.5, 0.6) is 0 Å². The molecule has 2 saturated heterocycles. The minimum atomic E-state index is -0.305. The van der Waals surface area contributed by atoms with Gasteiger partial charge in [0.25, 0.3) is 5.91 Å². The summed E-state index contributed by atoms with van der Waals surface area (Å²) in [5, 5.41) is 0. The summed E-state index contributed by atoms with van der Waals surface area (Å²) in [7, 11) is 0. The van der Waals surface area contributed by atoms with Crippen molar-refractivity contribution in [2.45, 2.75) is 32.3 Å². The number of nitrogens with two attached hydrogens (primary N) is 1. The van der Waals surface area contributed by atoms with Gasteiger partial charge in [-0.1, -0.05) is 0 Å². The largest absolute Gasteiger partial charge is 0.377 e. The molecule has 6 heteroatoms. The van der Waals surface area contributed by atoms with E-state index in [9.17, 15) is 14.0 Å². The molecule has 2 amide bonds. The van der Waals surface area contributed by atoms with Crippen LogP contribution in [0, 0.1) is 24.6 Å². The predicted octanol–water partition coefficient (Wildman–Crippen LogP) is 1.88. The molecule has 2 N–H and O–H groups in total. The van der Waals surface area contributed by atoms with Gasteiger partial charge in [-0.05, 0) is 55.9 Å². The second-order valence-electron chi connectivity index (χ2n) is 6.73. The zero-order valence-electron chi connectivity index (χ0n) is 13.8. The standard InChI is InChI=1S/C18H23FN2O3/c1-11-10-13(2-3-15(11)19)18(23)21-7-4-12(5-8-21)16-14(17(20)22)6-9-24-16/h2-3,10,12,14,16H,4-9H2,1H3,(H2,20,22)/t14-,16+/m0/s1. The van der Waals surface area contributed by atoms with Crippen LogP contribution in [0.2, 0.25) is 0 Å². The van der Waals surface area contributed by atoms with Crippen molar-refractivity contribution in [2.75, 3.05) is 19.7 Å². The summed E-state index contributed by atoms with van der Waals surface area (Å²) in [5.74, 6) is -0.629. The van der Waals surface area contributed by atoms with Crippen LogP contribution in [0.25, 0.3) is 0 Å². The van der Waals surface area contributed by atoms with Crippen LogP contribution in [0.1, 0.15) is 35.2 Å². The number of nitrogens with zero attached hydrogens (tertiary/aromatic N) is 1. The Morgan fingerprint density at radius 1 is 1.25 bits per heavy atom. The number of piperidine rings is 1. The van der Waals surface area contributed by atoms with Gasteiger partial charge in [0.2, 0.25) is 5.91 Å². The first-order valence-corrected chi connectivity index (χ1v) is 8.43. The summed E-state index contributed by atoms with van der Waals surface area (Å²) in [6.07, 6.45) is 2.15. The van der Waals surface area contributed by atoms with E-state index >= 15 is 0 Å². The molecule has 0 aromatic heterocycles. The number of primary amides is 1. The summed E-state index contributed by atoms with van der Waals surface area (Å²) in [6.45, 7) is 3.46. The van der Waals surface area contributed by atoms with E-state index in [-0.39, 0.29) is 35.6 Å². The molecule has 24 heavy (non-hydrogen) atoms. The number of likely N-dealkylation sites (tertiary alicyclic amines) is 1. The maximum atomic E-state index is 13.4. The average molecular weight is 334 g/mol. The van der Waals surface area contributed by atoms with E-state index < -0.39 is 0 Å². The summed E-state index contributed by atoms with van der Waals surface area (Å²) < 4.78 is 19.1. The van der Waals surface area contributed by atoms with Crippen molar-refractivity contribution in [2.24, 2.45) is 17.6 Å². The molecule has 2 atom stereocenters. The minimum Gasteiger partial charge on any atom is -0.377 e. The maximum absolute atomic E-state index is 13.4. The zero-order valence-corrected chi connectivity index (χ0v) is 13.8. The summed E-state index contributed by atoms with van der Waals surface area (Å²) in [5.41, 5.74) is 6.44. The highest BCUT2D eigenvalue weighted by Gasteiger charge is 2.39. The van der Waals surface area contributed by atoms with Crippen molar-refractivity contribution < 1.29 is 18.7 Å². The topological polar surface area (TPSA) is 72.6 Å². The van der Waals surface area contributed by atoms with Crippen LogP contribution in [0.3, 0.4) is 0 Å². The third-order valence-corrected chi connectivity index (χ3v) is 5.20. The van der Waals surface area contributed by atoms with Gasteiger partial charge in [0, 0.05) is 25.3 Å². The molecule has 3 rings (SSSR count). The molecule has 0 radical (unpaired) electrons. The minimum absolute atomic E-state index is 0.0738. The van der Waals surface area contributed by atoms with E-state index in [2.05, 4.69) is 0 Å². The number of rotatable bonds is 3. The Kier molecular flexibility index (Phi) is 4.85. The molecular weight excluding hydrogens is 311 g/mol. The number of carbonyl (C=O) groups is 2. The fraction of sp³-hybridized carbons (Fsp3) is 0.556. The van der Waals surface area contributed by atoms with Crippen LogP contribution >= 0.6 is 0 Å². The lowest BCUT2D eigenvalue weighted by Gasteiger charge is -2.35. The Balaban J connectivity index is 1.61. The molecule has 0 bridgehead atoms. The third kappa shape index (κ3) is 3.29. The van der Waals surface area contributed by atoms with Crippen LogP contribution in [-0.2, 0) is 9.53 Å². The van der Waals surface area contributed by atoms with Gasteiger partial charge in [0.05, 0.1) is 12.0 Å². The Morgan fingerprint density at radius 3 is 2.58 bits per heavy atom. The van der Waals surface area contributed by atoms with E-state index in [0.29, 0.717) is 37.2 Å². The molecule has 2 aliphatic rings. The van der Waals surface area contributed by atoms with Crippen molar-refractivity contribution in [1.29, 1.82) is 0 Å². The van der Waals surface area contributed by atoms with Gasteiger partial charge in [0.1, 0.15) is 5.82 Å². The Bertz CT molecular complexity index is 641. The number of benzene rings is 1. The molecule has 2 heterocycles. The van der Waals surface area contributed by atoms with Crippen molar-refractivity contribution in [3.8, 4) is 0 Å². The van der Waals surface area contributed by atoms with E-state index in [1.165, 1.54) is 12.1 Å². The first-order valence-electron chi connectivity index (χ1n) is 8.43. The van der Waals surface area contributed by atoms with Gasteiger partial charge in [-0.3, -0.25) is 9.59 Å². The normalized spacial score (nSPS) is 25.0. The predicted molar refractivity (Wildman–Crippen MR) is 86.8 cm³/mol. The smallest absolute Gasteiger partial charge is 0.253 e. The van der Waals surface area contributed by atoms with Gasteiger partial charge >= 0.3 is 0 Å². The lowest BCUT2D eigenvalue weighted by atomic mass is 9.84. The Labute approximate surface area is 141 Å². The number of carbonyl (C=O) groups excluding carboxylic acids is 2. The van der Waals surface area contributed by atoms with Gasteiger partial charge in [-0.2, -0.15) is 0 Å². The van der Waals surface area contributed by atoms with Gasteiger partial charge in [0.15, 0.2) is 0 Å². The fourth-order valence-corrected chi connectivity index (χ4v) is 3.77. The van der Waals surface area contributed by atoms with E-state index in [0.717, 1.165) is 12.8 Å². The first-order chi connectivity index (χ1) is 11.5. The molecule has 130 valence electrons. The highest BCUT2D eigenvalue weighted by atomic mass is 19.1. The molecule has 1 aromatic carbocycles. The summed E-state index contributed by atoms with van der Waals surface area (Å²) in [4.78, 5) is 25.9. The molecule has 1 aromatic rings. The second-order valence-corrected chi connectivity index (χ2v) is 6.73. The summed E-state index contributed by atoms with van der Waals surface area (Å²) >= 11 is 0. The van der Waals surface area contributed by atoms with Crippen molar-refractivity contribution in [3.05, 3.63) is 35.1 Å². The first kappa shape index (κ1) is 16.9. The Hall–Kier alpha value is -1.95. The number of halogens is 1. The van der Waals surface area contributed by atoms with Gasteiger partial charge in [-0.15, -0.1) is 0 Å². The van der Waals surface area contributed by atoms with Crippen molar-refractivity contribution in [3.63, 3.8) is 0 Å². The van der Waals surface area contributed by atoms with Crippen LogP contribution in [-0.4, -0.2) is 42.5 Å². The number of ether oxygens (including phenoxy) is 1. The highest BCUT2D eigenvalue weighted by molar-refractivity contribution is 5.94. The lowest BCUT2D eigenvalue weighted by Crippen LogP contribution is -2.44. The second kappa shape index (κ2) is 6.89. The molecule has 0 aliphatic carbocycles. The van der Waals surface area contributed by atoms with E-state index in [4.69, 9.17) is 10.5 Å². The highest BCUT2D eigenvalue weighted by Crippen LogP contribution is 2.33. The molecule has 2 aliphatic heterocycles. The maximum Gasteiger partial charge on any atom is 0.253 e. The molecule has 0 spiro atoms. The quantitative estimate of drug-likeness (QED) is 0.917. The van der Waals surface area contributed by atoms with E-state index in [1.54, 1.807) is 17.9 Å². The molecule has 2 fully saturated rings. The summed E-state index contributed by atoms with van der Waals surface area (Å²) in [6, 6.07) is 4.45. The fourth-order valence-electron chi connectivity index (χ4n) is 3.77. The third-order valence-electron chi connectivity index (χ3n) is 5.20. The number of amides is 2. The molecular formula is C18H23FN2O3. The van der Waals surface area contributed by atoms with Gasteiger partial charge < -0.3 is 15.4 Å². The molecule has 0 saturated carbocycles. The van der Waals surface area contributed by atoms with Crippen LogP contribution in [0.15, 0.2) is 18.2 Å². The van der Waals surface area contributed by atoms with Crippen molar-refractivity contribution >= 4 is 11.8 Å². The average Bonchev–Trinajstić information content (AvgIpc) is 3.07. The zero-order chi connectivity index (χ0) is 17.3. The Morgan fingerprint density at radius 2 is 1.96 bits per heavy atom. The number of aryl methyl sites for hydroxylation is 1. The number of hydrogen-bond acceptors (Lipinski definition) is 3. The lowest BCUT2D eigenvalue weighted by molar-refractivity contribution is -0.124. The van der Waals surface area contributed by atoms with Gasteiger partial charge in [-0.25, -0.2) is 4.39 Å². The molecule has 5 nitrogen and oxygen atoms in total. The van der Waals surface area contributed by atoms with E-state index in [1.807, 2.05) is 0 Å².